The third-order valence-electron chi connectivity index (χ3n) is 3.83. The summed E-state index contributed by atoms with van der Waals surface area (Å²) in [6.45, 7) is 1.54. The van der Waals surface area contributed by atoms with E-state index in [1.165, 1.54) is 36.4 Å². The van der Waals surface area contributed by atoms with Crippen molar-refractivity contribution >= 4 is 11.9 Å². The Morgan fingerprint density at radius 3 is 2.08 bits per heavy atom. The molecule has 0 heterocycles. The minimum Gasteiger partial charge on any atom is -0.478 e. The Hall–Kier alpha value is -2.96. The largest absolute Gasteiger partial charge is 0.478 e. The maximum atomic E-state index is 13.0. The van der Waals surface area contributed by atoms with Crippen LogP contribution in [0.2, 0.25) is 0 Å². The molecule has 0 aliphatic heterocycles. The van der Waals surface area contributed by atoms with Crippen LogP contribution < -0.4 is 10.1 Å². The summed E-state index contributed by atoms with van der Waals surface area (Å²) in [6, 6.07) is 10.5. The summed E-state index contributed by atoms with van der Waals surface area (Å²) in [6.07, 6.45) is -0.858. The van der Waals surface area contributed by atoms with Gasteiger partial charge in [-0.25, -0.2) is 13.6 Å². The number of amides is 1. The number of ether oxygens (including phenoxy) is 1. The molecule has 2 aromatic rings. The quantitative estimate of drug-likeness (QED) is 0.756. The lowest BCUT2D eigenvalue weighted by molar-refractivity contribution is -0.145. The molecule has 2 unspecified atom stereocenters. The SMILES string of the molecule is CCC(C(=O)NCC(Oc1ccc(F)cc1)C(=O)O)c1ccc(F)cc1. The van der Waals surface area contributed by atoms with E-state index in [2.05, 4.69) is 5.32 Å². The van der Waals surface area contributed by atoms with Crippen molar-refractivity contribution in [2.75, 3.05) is 6.54 Å². The number of aliphatic carboxylic acids is 1. The highest BCUT2D eigenvalue weighted by Gasteiger charge is 2.24. The maximum Gasteiger partial charge on any atom is 0.346 e. The highest BCUT2D eigenvalue weighted by Crippen LogP contribution is 2.20. The summed E-state index contributed by atoms with van der Waals surface area (Å²) in [4.78, 5) is 23.7. The second-order valence-electron chi connectivity index (χ2n) is 5.66. The number of carboxylic acid groups (broad SMARTS) is 1. The van der Waals surface area contributed by atoms with Crippen LogP contribution >= 0.6 is 0 Å². The van der Waals surface area contributed by atoms with Gasteiger partial charge >= 0.3 is 5.97 Å². The van der Waals surface area contributed by atoms with Crippen molar-refractivity contribution in [2.45, 2.75) is 25.4 Å². The monoisotopic (exact) mass is 363 g/mol. The van der Waals surface area contributed by atoms with Crippen molar-refractivity contribution in [1.29, 1.82) is 0 Å². The van der Waals surface area contributed by atoms with E-state index in [9.17, 15) is 23.5 Å². The van der Waals surface area contributed by atoms with Crippen molar-refractivity contribution in [2.24, 2.45) is 0 Å². The number of carbonyl (C=O) groups excluding carboxylic acids is 1. The molecule has 2 aromatic carbocycles. The molecule has 0 saturated heterocycles. The summed E-state index contributed by atoms with van der Waals surface area (Å²) in [5.41, 5.74) is 0.637. The van der Waals surface area contributed by atoms with E-state index in [-0.39, 0.29) is 18.2 Å². The van der Waals surface area contributed by atoms with Gasteiger partial charge in [-0.05, 0) is 48.4 Å². The molecule has 26 heavy (non-hydrogen) atoms. The van der Waals surface area contributed by atoms with E-state index in [1.54, 1.807) is 6.92 Å². The number of carbonyl (C=O) groups is 2. The Morgan fingerprint density at radius 1 is 1.04 bits per heavy atom. The molecule has 0 radical (unpaired) electrons. The first-order valence-corrected chi connectivity index (χ1v) is 8.09. The van der Waals surface area contributed by atoms with Gasteiger partial charge in [0.25, 0.3) is 0 Å². The van der Waals surface area contributed by atoms with Crippen LogP contribution in [0.1, 0.15) is 24.8 Å². The van der Waals surface area contributed by atoms with Gasteiger partial charge in [0.1, 0.15) is 17.4 Å². The zero-order valence-electron chi connectivity index (χ0n) is 14.1. The minimum atomic E-state index is -1.32. The standard InChI is InChI=1S/C19H19F2NO4/c1-2-16(12-3-5-13(20)6-4-12)18(23)22-11-17(19(24)25)26-15-9-7-14(21)8-10-15/h3-10,16-17H,2,11H2,1H3,(H,22,23)(H,24,25). The molecule has 0 spiro atoms. The maximum absolute atomic E-state index is 13.0. The Balaban J connectivity index is 2.00. The van der Waals surface area contributed by atoms with Gasteiger partial charge < -0.3 is 15.2 Å². The van der Waals surface area contributed by atoms with Crippen LogP contribution in [0.3, 0.4) is 0 Å². The number of halogens is 2. The molecular weight excluding hydrogens is 344 g/mol. The van der Waals surface area contributed by atoms with Gasteiger partial charge in [0.2, 0.25) is 12.0 Å². The summed E-state index contributed by atoms with van der Waals surface area (Å²) in [5.74, 6) is -2.86. The van der Waals surface area contributed by atoms with Gasteiger partial charge in [-0.1, -0.05) is 19.1 Å². The van der Waals surface area contributed by atoms with Gasteiger partial charge in [0, 0.05) is 0 Å². The second kappa shape index (κ2) is 8.94. The fourth-order valence-corrected chi connectivity index (χ4v) is 2.44. The summed E-state index contributed by atoms with van der Waals surface area (Å²) in [7, 11) is 0. The zero-order chi connectivity index (χ0) is 19.1. The lowest BCUT2D eigenvalue weighted by Crippen LogP contribution is -2.42. The van der Waals surface area contributed by atoms with Crippen molar-refractivity contribution in [1.82, 2.24) is 5.32 Å². The first-order chi connectivity index (χ1) is 12.4. The van der Waals surface area contributed by atoms with Crippen LogP contribution in [0.25, 0.3) is 0 Å². The molecule has 5 nitrogen and oxygen atoms in total. The van der Waals surface area contributed by atoms with E-state index < -0.39 is 29.6 Å². The van der Waals surface area contributed by atoms with Crippen LogP contribution in [0.4, 0.5) is 8.78 Å². The van der Waals surface area contributed by atoms with Gasteiger partial charge in [-0.3, -0.25) is 4.79 Å². The van der Waals surface area contributed by atoms with Crippen LogP contribution in [0.15, 0.2) is 48.5 Å². The Morgan fingerprint density at radius 2 is 1.58 bits per heavy atom. The van der Waals surface area contributed by atoms with E-state index in [0.717, 1.165) is 12.1 Å². The van der Waals surface area contributed by atoms with E-state index in [4.69, 9.17) is 4.74 Å². The molecule has 2 N–H and O–H groups in total. The predicted molar refractivity (Wildman–Crippen MR) is 90.9 cm³/mol. The van der Waals surface area contributed by atoms with Gasteiger partial charge in [-0.15, -0.1) is 0 Å². The number of rotatable bonds is 8. The van der Waals surface area contributed by atoms with Gasteiger partial charge in [-0.2, -0.15) is 0 Å². The highest BCUT2D eigenvalue weighted by atomic mass is 19.1. The lowest BCUT2D eigenvalue weighted by Gasteiger charge is -2.19. The number of nitrogens with one attached hydrogen (secondary N) is 1. The van der Waals surface area contributed by atoms with Crippen LogP contribution in [-0.4, -0.2) is 29.6 Å². The predicted octanol–water partition coefficient (Wildman–Crippen LogP) is 3.11. The molecule has 0 fully saturated rings. The van der Waals surface area contributed by atoms with Crippen molar-refractivity contribution in [3.8, 4) is 5.75 Å². The average Bonchev–Trinajstić information content (AvgIpc) is 2.62. The first-order valence-electron chi connectivity index (χ1n) is 8.09. The summed E-state index contributed by atoms with van der Waals surface area (Å²) < 4.78 is 31.2. The lowest BCUT2D eigenvalue weighted by atomic mass is 9.95. The molecule has 2 atom stereocenters. The molecular formula is C19H19F2NO4. The zero-order valence-corrected chi connectivity index (χ0v) is 14.1. The van der Waals surface area contributed by atoms with Crippen molar-refractivity contribution in [3.05, 3.63) is 65.7 Å². The van der Waals surface area contributed by atoms with E-state index >= 15 is 0 Å². The molecule has 7 heteroatoms. The molecule has 0 saturated carbocycles. The Bertz CT molecular complexity index is 747. The highest BCUT2D eigenvalue weighted by molar-refractivity contribution is 5.84. The smallest absolute Gasteiger partial charge is 0.346 e. The number of carboxylic acids is 1. The molecule has 0 aliphatic carbocycles. The Kier molecular flexibility index (Phi) is 6.66. The Labute approximate surface area is 149 Å². The summed E-state index contributed by atoms with van der Waals surface area (Å²) >= 11 is 0. The summed E-state index contributed by atoms with van der Waals surface area (Å²) in [5, 5.41) is 11.8. The van der Waals surface area contributed by atoms with Gasteiger partial charge in [0.05, 0.1) is 12.5 Å². The van der Waals surface area contributed by atoms with Crippen LogP contribution in [0.5, 0.6) is 5.75 Å². The van der Waals surface area contributed by atoms with Crippen molar-refractivity contribution < 1.29 is 28.2 Å². The van der Waals surface area contributed by atoms with E-state index in [0.29, 0.717) is 12.0 Å². The number of hydrogen-bond donors (Lipinski definition) is 2. The third-order valence-corrected chi connectivity index (χ3v) is 3.83. The molecule has 138 valence electrons. The number of hydrogen-bond acceptors (Lipinski definition) is 3. The normalized spacial score (nSPS) is 12.9. The molecule has 0 bridgehead atoms. The fraction of sp³-hybridized carbons (Fsp3) is 0.263. The third kappa shape index (κ3) is 5.27. The van der Waals surface area contributed by atoms with E-state index in [1.807, 2.05) is 0 Å². The topological polar surface area (TPSA) is 75.6 Å². The van der Waals surface area contributed by atoms with Crippen molar-refractivity contribution in [3.63, 3.8) is 0 Å². The minimum absolute atomic E-state index is 0.179. The fourth-order valence-electron chi connectivity index (χ4n) is 2.44. The van der Waals surface area contributed by atoms with Crippen LogP contribution in [-0.2, 0) is 9.59 Å². The molecule has 0 aromatic heterocycles. The second-order valence-corrected chi connectivity index (χ2v) is 5.66. The first kappa shape index (κ1) is 19.4. The number of benzene rings is 2. The van der Waals surface area contributed by atoms with Crippen LogP contribution in [0, 0.1) is 11.6 Å². The molecule has 0 aliphatic rings. The van der Waals surface area contributed by atoms with Gasteiger partial charge in [0.15, 0.2) is 0 Å². The molecule has 1 amide bonds. The molecule has 2 rings (SSSR count). The average molecular weight is 363 g/mol.